The van der Waals surface area contributed by atoms with Crippen LogP contribution in [0, 0.1) is 0 Å². The molecule has 2 heterocycles. The lowest BCUT2D eigenvalue weighted by molar-refractivity contribution is -0.111. The van der Waals surface area contributed by atoms with Crippen molar-refractivity contribution in [1.29, 1.82) is 0 Å². The molecular weight excluding hydrogens is 490 g/mol. The van der Waals surface area contributed by atoms with Gasteiger partial charge in [0, 0.05) is 55.8 Å². The molecule has 39 heavy (non-hydrogen) atoms. The molecule has 0 saturated carbocycles. The van der Waals surface area contributed by atoms with Gasteiger partial charge in [0.2, 0.25) is 5.91 Å². The molecular formula is C30H37N7O2. The average Bonchev–Trinajstić information content (AvgIpc) is 3.32. The zero-order valence-electron chi connectivity index (χ0n) is 23.6. The Balaban J connectivity index is 1.72. The number of anilines is 2. The molecule has 0 saturated heterocycles. The number of amides is 1. The van der Waals surface area contributed by atoms with Gasteiger partial charge in [-0.1, -0.05) is 24.8 Å². The quantitative estimate of drug-likeness (QED) is 0.281. The number of benzene rings is 2. The lowest BCUT2D eigenvalue weighted by Crippen LogP contribution is -2.29. The smallest absolute Gasteiger partial charge is 0.247 e. The molecule has 0 radical (unpaired) electrons. The van der Waals surface area contributed by atoms with E-state index in [1.54, 1.807) is 13.3 Å². The van der Waals surface area contributed by atoms with E-state index < -0.39 is 0 Å². The largest absolute Gasteiger partial charge is 0.496 e. The van der Waals surface area contributed by atoms with E-state index in [0.29, 0.717) is 23.7 Å². The summed E-state index contributed by atoms with van der Waals surface area (Å²) in [5.74, 6) is 1.05. The lowest BCUT2D eigenvalue weighted by atomic mass is 10.1. The summed E-state index contributed by atoms with van der Waals surface area (Å²) in [5.41, 5.74) is 5.04. The maximum absolute atomic E-state index is 12.3. The lowest BCUT2D eigenvalue weighted by Gasteiger charge is -2.25. The van der Waals surface area contributed by atoms with Gasteiger partial charge in [-0.05, 0) is 52.2 Å². The van der Waals surface area contributed by atoms with Gasteiger partial charge in [-0.25, -0.2) is 9.97 Å². The van der Waals surface area contributed by atoms with E-state index in [0.717, 1.165) is 46.6 Å². The van der Waals surface area contributed by atoms with Gasteiger partial charge in [-0.15, -0.1) is 0 Å². The number of methoxy groups -OCH3 is 1. The molecule has 0 spiro atoms. The molecule has 0 bridgehead atoms. The second-order valence-electron chi connectivity index (χ2n) is 10.0. The standard InChI is InChI=1S/C30H37N7O2/c1-8-29(38)33-24-17-21(27(39-7)19-26(24)36(6)16-15-35(4)5)18-28-31-14-13-23(32-28)30-22-11-9-10-12-25(22)37(34-30)20(2)3/h8-14,17,19-20H,1,15-16,18H2,2-7H3,(H,33,38). The molecule has 9 nitrogen and oxygen atoms in total. The number of nitrogens with one attached hydrogen (secondary N) is 1. The Morgan fingerprint density at radius 1 is 1.15 bits per heavy atom. The SMILES string of the molecule is C=CC(=O)Nc1cc(Cc2nccc(-c3nn(C(C)C)c4ccccc34)n2)c(OC)cc1N(C)CCN(C)C. The molecule has 4 rings (SSSR count). The van der Waals surface area contributed by atoms with Crippen molar-refractivity contribution < 1.29 is 9.53 Å². The number of hydrogen-bond acceptors (Lipinski definition) is 7. The van der Waals surface area contributed by atoms with Gasteiger partial charge >= 0.3 is 0 Å². The maximum atomic E-state index is 12.3. The molecule has 2 aromatic carbocycles. The highest BCUT2D eigenvalue weighted by molar-refractivity contribution is 6.01. The number of nitrogens with zero attached hydrogens (tertiary/aromatic N) is 6. The molecule has 0 aliphatic carbocycles. The maximum Gasteiger partial charge on any atom is 0.247 e. The number of carbonyl (C=O) groups is 1. The number of rotatable bonds is 11. The third-order valence-electron chi connectivity index (χ3n) is 6.54. The predicted octanol–water partition coefficient (Wildman–Crippen LogP) is 4.80. The zero-order valence-corrected chi connectivity index (χ0v) is 23.6. The van der Waals surface area contributed by atoms with Crippen LogP contribution >= 0.6 is 0 Å². The molecule has 0 fully saturated rings. The van der Waals surface area contributed by atoms with Crippen LogP contribution in [0.1, 0.15) is 31.3 Å². The Kier molecular flexibility index (Phi) is 8.61. The van der Waals surface area contributed by atoms with Crippen LogP contribution in [0.3, 0.4) is 0 Å². The van der Waals surface area contributed by atoms with E-state index in [9.17, 15) is 4.79 Å². The van der Waals surface area contributed by atoms with Gasteiger partial charge in [0.25, 0.3) is 0 Å². The van der Waals surface area contributed by atoms with Crippen LogP contribution in [0.25, 0.3) is 22.3 Å². The number of fused-ring (bicyclic) bond motifs is 1. The molecule has 0 unspecified atom stereocenters. The second-order valence-corrected chi connectivity index (χ2v) is 10.0. The van der Waals surface area contributed by atoms with E-state index >= 15 is 0 Å². The van der Waals surface area contributed by atoms with Crippen molar-refractivity contribution in [2.45, 2.75) is 26.3 Å². The third kappa shape index (κ3) is 6.26. The number of aromatic nitrogens is 4. The summed E-state index contributed by atoms with van der Waals surface area (Å²) in [6.45, 7) is 9.47. The molecule has 1 N–H and O–H groups in total. The van der Waals surface area contributed by atoms with Gasteiger partial charge in [-0.2, -0.15) is 5.10 Å². The van der Waals surface area contributed by atoms with E-state index in [-0.39, 0.29) is 11.9 Å². The van der Waals surface area contributed by atoms with Crippen molar-refractivity contribution in [3.05, 3.63) is 72.7 Å². The van der Waals surface area contributed by atoms with Crippen LogP contribution in [-0.2, 0) is 11.2 Å². The summed E-state index contributed by atoms with van der Waals surface area (Å²) in [5, 5.41) is 8.90. The minimum absolute atomic E-state index is 0.216. The van der Waals surface area contributed by atoms with E-state index in [1.165, 1.54) is 6.08 Å². The van der Waals surface area contributed by atoms with Crippen LogP contribution in [0.4, 0.5) is 11.4 Å². The second kappa shape index (κ2) is 12.1. The average molecular weight is 528 g/mol. The Hall–Kier alpha value is -4.24. The van der Waals surface area contributed by atoms with Crippen molar-refractivity contribution in [3.63, 3.8) is 0 Å². The number of likely N-dealkylation sites (N-methyl/N-ethyl adjacent to an activating group) is 2. The molecule has 204 valence electrons. The van der Waals surface area contributed by atoms with Gasteiger partial charge < -0.3 is 19.9 Å². The normalized spacial score (nSPS) is 11.3. The first-order chi connectivity index (χ1) is 18.7. The fraction of sp³-hybridized carbons (Fsp3) is 0.333. The third-order valence-corrected chi connectivity index (χ3v) is 6.54. The Morgan fingerprint density at radius 2 is 1.92 bits per heavy atom. The minimum Gasteiger partial charge on any atom is -0.496 e. The first-order valence-corrected chi connectivity index (χ1v) is 13.0. The number of hydrogen-bond donors (Lipinski definition) is 1. The van der Waals surface area contributed by atoms with Crippen LogP contribution in [-0.4, -0.2) is 71.9 Å². The van der Waals surface area contributed by atoms with Crippen LogP contribution in [0.5, 0.6) is 5.75 Å². The summed E-state index contributed by atoms with van der Waals surface area (Å²) in [6, 6.07) is 14.2. The van der Waals surface area contributed by atoms with Gasteiger partial charge in [0.1, 0.15) is 17.3 Å². The van der Waals surface area contributed by atoms with Crippen LogP contribution in [0.2, 0.25) is 0 Å². The van der Waals surface area contributed by atoms with E-state index in [4.69, 9.17) is 14.8 Å². The van der Waals surface area contributed by atoms with Crippen molar-refractivity contribution in [1.82, 2.24) is 24.6 Å². The predicted molar refractivity (Wildman–Crippen MR) is 158 cm³/mol. The van der Waals surface area contributed by atoms with Gasteiger partial charge in [0.05, 0.1) is 29.7 Å². The molecule has 1 amide bonds. The fourth-order valence-electron chi connectivity index (χ4n) is 4.47. The number of carbonyl (C=O) groups excluding carboxylic acids is 1. The highest BCUT2D eigenvalue weighted by atomic mass is 16.5. The summed E-state index contributed by atoms with van der Waals surface area (Å²) in [4.78, 5) is 25.9. The molecule has 0 aliphatic heterocycles. The Bertz CT molecular complexity index is 1480. The highest BCUT2D eigenvalue weighted by Gasteiger charge is 2.18. The number of para-hydroxylation sites is 1. The Labute approximate surface area is 230 Å². The van der Waals surface area contributed by atoms with Crippen molar-refractivity contribution in [2.24, 2.45) is 0 Å². The van der Waals surface area contributed by atoms with E-state index in [1.807, 2.05) is 56.2 Å². The van der Waals surface area contributed by atoms with E-state index in [2.05, 4.69) is 52.7 Å². The molecule has 0 aliphatic rings. The van der Waals surface area contributed by atoms with Gasteiger partial charge in [-0.3, -0.25) is 9.48 Å². The molecule has 4 aromatic rings. The topological polar surface area (TPSA) is 88.4 Å². The minimum atomic E-state index is -0.278. The first kappa shape index (κ1) is 27.8. The number of ether oxygens (including phenoxy) is 1. The molecule has 0 atom stereocenters. The Morgan fingerprint density at radius 3 is 2.62 bits per heavy atom. The van der Waals surface area contributed by atoms with Crippen LogP contribution < -0.4 is 15.0 Å². The fourth-order valence-corrected chi connectivity index (χ4v) is 4.47. The zero-order chi connectivity index (χ0) is 28.1. The van der Waals surface area contributed by atoms with Gasteiger partial charge in [0.15, 0.2) is 0 Å². The summed E-state index contributed by atoms with van der Waals surface area (Å²) in [7, 11) is 7.70. The highest BCUT2D eigenvalue weighted by Crippen LogP contribution is 2.35. The summed E-state index contributed by atoms with van der Waals surface area (Å²) in [6.07, 6.45) is 3.44. The molecule has 9 heteroatoms. The molecule has 2 aromatic heterocycles. The summed E-state index contributed by atoms with van der Waals surface area (Å²) >= 11 is 0. The van der Waals surface area contributed by atoms with Crippen molar-refractivity contribution >= 4 is 28.2 Å². The first-order valence-electron chi connectivity index (χ1n) is 13.0. The van der Waals surface area contributed by atoms with Crippen molar-refractivity contribution in [2.75, 3.05) is 51.6 Å². The van der Waals surface area contributed by atoms with Crippen LogP contribution in [0.15, 0.2) is 61.3 Å². The van der Waals surface area contributed by atoms with Crippen molar-refractivity contribution in [3.8, 4) is 17.1 Å². The monoisotopic (exact) mass is 527 g/mol. The summed E-state index contributed by atoms with van der Waals surface area (Å²) < 4.78 is 7.80.